The number of aliphatic imine (C=N–C) groups is 1. The van der Waals surface area contributed by atoms with E-state index in [1.54, 1.807) is 0 Å². The van der Waals surface area contributed by atoms with E-state index in [1.807, 2.05) is 6.20 Å². The van der Waals surface area contributed by atoms with Crippen LogP contribution >= 0.6 is 15.9 Å². The molecule has 1 rings (SSSR count). The highest BCUT2D eigenvalue weighted by Gasteiger charge is 2.00. The number of nitrogens with zero attached hydrogens (tertiary/aromatic N) is 2. The number of aryl methyl sites for hydroxylation is 2. The number of hydrogen-bond acceptors (Lipinski definition) is 2. The summed E-state index contributed by atoms with van der Waals surface area (Å²) < 4.78 is 1.02. The molecule has 0 aliphatic heterocycles. The van der Waals surface area contributed by atoms with Crippen molar-refractivity contribution in [3.63, 3.8) is 0 Å². The van der Waals surface area contributed by atoms with Crippen LogP contribution in [0.2, 0.25) is 0 Å². The fourth-order valence-corrected chi connectivity index (χ4v) is 1.89. The molecule has 16 heavy (non-hydrogen) atoms. The molecule has 0 aromatic carbocycles. The Balaban J connectivity index is 2.35. The first-order valence-corrected chi connectivity index (χ1v) is 6.05. The smallest absolute Gasteiger partial charge is 0.185 e. The largest absolute Gasteiger partial charge is 0.370 e. The molecule has 0 aliphatic rings. The molecule has 0 unspecified atom stereocenters. The van der Waals surface area contributed by atoms with E-state index in [0.29, 0.717) is 6.54 Å². The SMILES string of the molecule is Cc1cc(Br)cnc1CCCCN=C(N)N. The number of nitrogens with two attached hydrogens (primary N) is 2. The van der Waals surface area contributed by atoms with E-state index in [1.165, 1.54) is 5.56 Å². The zero-order chi connectivity index (χ0) is 12.0. The number of pyridine rings is 1. The summed E-state index contributed by atoms with van der Waals surface area (Å²) in [6.45, 7) is 2.76. The lowest BCUT2D eigenvalue weighted by Crippen LogP contribution is -2.22. The number of halogens is 1. The third-order valence-electron chi connectivity index (χ3n) is 2.27. The van der Waals surface area contributed by atoms with Crippen molar-refractivity contribution >= 4 is 21.9 Å². The van der Waals surface area contributed by atoms with Gasteiger partial charge in [-0.25, -0.2) is 0 Å². The van der Waals surface area contributed by atoms with Crippen molar-refractivity contribution in [3.05, 3.63) is 28.0 Å². The first-order chi connectivity index (χ1) is 7.59. The van der Waals surface area contributed by atoms with E-state index in [0.717, 1.165) is 29.4 Å². The summed E-state index contributed by atoms with van der Waals surface area (Å²) >= 11 is 3.40. The van der Waals surface area contributed by atoms with Gasteiger partial charge in [-0.15, -0.1) is 0 Å². The Kier molecular flexibility index (Phi) is 5.25. The Labute approximate surface area is 104 Å². The standard InChI is InChI=1S/C11H17BrN4/c1-8-6-9(12)7-16-10(8)4-2-3-5-15-11(13)14/h6-7H,2-5H2,1H3,(H4,13,14,15). The third-order valence-corrected chi connectivity index (χ3v) is 2.70. The molecule has 0 spiro atoms. The molecule has 1 heterocycles. The van der Waals surface area contributed by atoms with Gasteiger partial charge in [-0.05, 0) is 53.7 Å². The van der Waals surface area contributed by atoms with Gasteiger partial charge >= 0.3 is 0 Å². The van der Waals surface area contributed by atoms with Gasteiger partial charge in [0.05, 0.1) is 0 Å². The van der Waals surface area contributed by atoms with E-state index >= 15 is 0 Å². The van der Waals surface area contributed by atoms with Crippen LogP contribution in [0.25, 0.3) is 0 Å². The number of hydrogen-bond donors (Lipinski definition) is 2. The number of guanidine groups is 1. The van der Waals surface area contributed by atoms with Crippen LogP contribution in [0.3, 0.4) is 0 Å². The summed E-state index contributed by atoms with van der Waals surface area (Å²) in [5, 5.41) is 0. The summed E-state index contributed by atoms with van der Waals surface area (Å²) in [7, 11) is 0. The average Bonchev–Trinajstić information content (AvgIpc) is 2.20. The van der Waals surface area contributed by atoms with Gasteiger partial charge < -0.3 is 11.5 Å². The molecular formula is C11H17BrN4. The molecule has 5 heteroatoms. The Bertz CT molecular complexity index is 372. The van der Waals surface area contributed by atoms with Crippen LogP contribution in [-0.2, 0) is 6.42 Å². The zero-order valence-electron chi connectivity index (χ0n) is 9.41. The van der Waals surface area contributed by atoms with Gasteiger partial charge in [0, 0.05) is 22.9 Å². The lowest BCUT2D eigenvalue weighted by atomic mass is 10.1. The highest BCUT2D eigenvalue weighted by Crippen LogP contribution is 2.14. The second kappa shape index (κ2) is 6.48. The van der Waals surface area contributed by atoms with Crippen molar-refractivity contribution in [2.45, 2.75) is 26.2 Å². The van der Waals surface area contributed by atoms with Crippen molar-refractivity contribution in [1.29, 1.82) is 0 Å². The van der Waals surface area contributed by atoms with E-state index in [4.69, 9.17) is 11.5 Å². The monoisotopic (exact) mass is 284 g/mol. The van der Waals surface area contributed by atoms with Crippen molar-refractivity contribution in [2.75, 3.05) is 6.54 Å². The van der Waals surface area contributed by atoms with Crippen LogP contribution in [0.4, 0.5) is 0 Å². The van der Waals surface area contributed by atoms with Gasteiger partial charge in [0.1, 0.15) is 0 Å². The Morgan fingerprint density at radius 2 is 2.19 bits per heavy atom. The lowest BCUT2D eigenvalue weighted by molar-refractivity contribution is 0.729. The molecule has 1 aromatic heterocycles. The molecule has 0 radical (unpaired) electrons. The van der Waals surface area contributed by atoms with Gasteiger partial charge in [-0.2, -0.15) is 0 Å². The minimum atomic E-state index is 0.165. The third kappa shape index (κ3) is 4.61. The molecule has 0 saturated carbocycles. The quantitative estimate of drug-likeness (QED) is 0.491. The summed E-state index contributed by atoms with van der Waals surface area (Å²) in [5.41, 5.74) is 12.8. The summed E-state index contributed by atoms with van der Waals surface area (Å²) in [6, 6.07) is 2.08. The Hall–Kier alpha value is -1.10. The van der Waals surface area contributed by atoms with Crippen LogP contribution < -0.4 is 11.5 Å². The topological polar surface area (TPSA) is 77.3 Å². The maximum absolute atomic E-state index is 5.24. The predicted octanol–water partition coefficient (Wildman–Crippen LogP) is 1.75. The molecule has 0 aliphatic carbocycles. The second-order valence-electron chi connectivity index (χ2n) is 3.68. The van der Waals surface area contributed by atoms with E-state index in [2.05, 4.69) is 38.9 Å². The number of rotatable bonds is 5. The van der Waals surface area contributed by atoms with Crippen molar-refractivity contribution in [2.24, 2.45) is 16.5 Å². The van der Waals surface area contributed by atoms with Gasteiger partial charge in [-0.3, -0.25) is 9.98 Å². The summed E-state index contributed by atoms with van der Waals surface area (Å²) in [4.78, 5) is 8.32. The maximum atomic E-state index is 5.24. The normalized spacial score (nSPS) is 10.1. The summed E-state index contributed by atoms with van der Waals surface area (Å²) in [5.74, 6) is 0.165. The van der Waals surface area contributed by atoms with E-state index in [9.17, 15) is 0 Å². The molecule has 0 fully saturated rings. The number of unbranched alkanes of at least 4 members (excludes halogenated alkanes) is 1. The Morgan fingerprint density at radius 1 is 1.44 bits per heavy atom. The first-order valence-electron chi connectivity index (χ1n) is 5.26. The Morgan fingerprint density at radius 3 is 2.81 bits per heavy atom. The van der Waals surface area contributed by atoms with E-state index in [-0.39, 0.29) is 5.96 Å². The molecule has 0 amide bonds. The molecule has 0 atom stereocenters. The molecule has 0 bridgehead atoms. The molecule has 1 aromatic rings. The van der Waals surface area contributed by atoms with Crippen molar-refractivity contribution in [1.82, 2.24) is 4.98 Å². The molecule has 4 nitrogen and oxygen atoms in total. The van der Waals surface area contributed by atoms with Crippen molar-refractivity contribution < 1.29 is 0 Å². The zero-order valence-corrected chi connectivity index (χ0v) is 11.0. The fourth-order valence-electron chi connectivity index (χ4n) is 1.44. The molecule has 4 N–H and O–H groups in total. The van der Waals surface area contributed by atoms with Crippen LogP contribution in [0.15, 0.2) is 21.7 Å². The second-order valence-corrected chi connectivity index (χ2v) is 4.60. The van der Waals surface area contributed by atoms with Crippen LogP contribution in [0.5, 0.6) is 0 Å². The molecule has 0 saturated heterocycles. The van der Waals surface area contributed by atoms with E-state index < -0.39 is 0 Å². The van der Waals surface area contributed by atoms with Crippen LogP contribution in [0, 0.1) is 6.92 Å². The average molecular weight is 285 g/mol. The maximum Gasteiger partial charge on any atom is 0.185 e. The first kappa shape index (κ1) is 13.0. The minimum absolute atomic E-state index is 0.165. The lowest BCUT2D eigenvalue weighted by Gasteiger charge is -2.04. The van der Waals surface area contributed by atoms with Gasteiger partial charge in [0.15, 0.2) is 5.96 Å². The predicted molar refractivity (Wildman–Crippen MR) is 70.3 cm³/mol. The van der Waals surface area contributed by atoms with Crippen LogP contribution in [0.1, 0.15) is 24.1 Å². The molecular weight excluding hydrogens is 268 g/mol. The van der Waals surface area contributed by atoms with Gasteiger partial charge in [0.2, 0.25) is 0 Å². The minimum Gasteiger partial charge on any atom is -0.370 e. The van der Waals surface area contributed by atoms with Crippen LogP contribution in [-0.4, -0.2) is 17.5 Å². The fraction of sp³-hybridized carbons (Fsp3) is 0.455. The molecule has 88 valence electrons. The van der Waals surface area contributed by atoms with Crippen molar-refractivity contribution in [3.8, 4) is 0 Å². The number of aromatic nitrogens is 1. The van der Waals surface area contributed by atoms with Gasteiger partial charge in [0.25, 0.3) is 0 Å². The highest BCUT2D eigenvalue weighted by atomic mass is 79.9. The van der Waals surface area contributed by atoms with Gasteiger partial charge in [-0.1, -0.05) is 0 Å². The highest BCUT2D eigenvalue weighted by molar-refractivity contribution is 9.10. The summed E-state index contributed by atoms with van der Waals surface area (Å²) in [6.07, 6.45) is 4.83.